The number of benzene rings is 3. The molecule has 0 fully saturated rings. The zero-order valence-electron chi connectivity index (χ0n) is 17.4. The lowest BCUT2D eigenvalue weighted by molar-refractivity contribution is -0.121. The average molecular weight is 437 g/mol. The fraction of sp³-hybridized carbons (Fsp3) is 0.240. The Kier molecular flexibility index (Phi) is 6.63. The normalized spacial score (nSPS) is 15.0. The van der Waals surface area contributed by atoms with Crippen LogP contribution in [0.1, 0.15) is 17.5 Å². The molecule has 0 saturated heterocycles. The molecule has 31 heavy (non-hydrogen) atoms. The van der Waals surface area contributed by atoms with Gasteiger partial charge in [0.25, 0.3) is 0 Å². The first-order valence-corrected chi connectivity index (χ1v) is 10.6. The van der Waals surface area contributed by atoms with Crippen LogP contribution in [0.15, 0.2) is 72.8 Å². The monoisotopic (exact) mass is 436 g/mol. The Morgan fingerprint density at radius 1 is 1.10 bits per heavy atom. The molecule has 1 unspecified atom stereocenters. The maximum Gasteiger partial charge on any atom is 0.222 e. The van der Waals surface area contributed by atoms with Crippen LogP contribution in [0.4, 0.5) is 5.69 Å². The number of nitrogens with one attached hydrogen (secondary N) is 1. The number of carbonyl (C=O) groups is 1. The van der Waals surface area contributed by atoms with Crippen LogP contribution in [-0.4, -0.2) is 25.7 Å². The van der Waals surface area contributed by atoms with Crippen LogP contribution in [0.5, 0.6) is 11.5 Å². The molecule has 0 aromatic heterocycles. The zero-order chi connectivity index (χ0) is 21.6. The summed E-state index contributed by atoms with van der Waals surface area (Å²) in [5.74, 6) is 1.56. The predicted octanol–water partition coefficient (Wildman–Crippen LogP) is 4.82. The number of carbonyl (C=O) groups excluding carboxylic acids is 1. The molecule has 3 aromatic rings. The van der Waals surface area contributed by atoms with Gasteiger partial charge in [-0.15, -0.1) is 0 Å². The first-order valence-electron chi connectivity index (χ1n) is 10.2. The van der Waals surface area contributed by atoms with Crippen molar-refractivity contribution in [2.45, 2.75) is 25.6 Å². The quantitative estimate of drug-likeness (QED) is 0.576. The highest BCUT2D eigenvalue weighted by Crippen LogP contribution is 2.37. The van der Waals surface area contributed by atoms with Gasteiger partial charge >= 0.3 is 0 Å². The van der Waals surface area contributed by atoms with Crippen LogP contribution < -0.4 is 19.7 Å². The van der Waals surface area contributed by atoms with Crippen molar-refractivity contribution in [3.8, 4) is 11.5 Å². The standard InChI is InChI=1S/C25H25ClN2O3/c1-30-22-10-7-18(8-11-22)15-27-25(29)14-21-17-31-24-12-9-20(26)13-23(24)28(21)16-19-5-3-2-4-6-19/h2-13,21H,14-17H2,1H3,(H,27,29). The number of fused-ring (bicyclic) bond motifs is 1. The van der Waals surface area contributed by atoms with Crippen LogP contribution in [0.25, 0.3) is 0 Å². The summed E-state index contributed by atoms with van der Waals surface area (Å²) in [5, 5.41) is 3.66. The van der Waals surface area contributed by atoms with Crippen molar-refractivity contribution in [1.82, 2.24) is 5.32 Å². The minimum Gasteiger partial charge on any atom is -0.497 e. The molecule has 1 heterocycles. The van der Waals surface area contributed by atoms with Crippen LogP contribution in [0.3, 0.4) is 0 Å². The van der Waals surface area contributed by atoms with Crippen molar-refractivity contribution in [2.75, 3.05) is 18.6 Å². The molecule has 1 amide bonds. The molecule has 1 N–H and O–H groups in total. The highest BCUT2D eigenvalue weighted by Gasteiger charge is 2.29. The second kappa shape index (κ2) is 9.75. The van der Waals surface area contributed by atoms with E-state index in [9.17, 15) is 4.79 Å². The van der Waals surface area contributed by atoms with E-state index in [0.717, 1.165) is 22.7 Å². The maximum atomic E-state index is 12.7. The van der Waals surface area contributed by atoms with E-state index in [0.29, 0.717) is 31.1 Å². The molecule has 5 nitrogen and oxygen atoms in total. The molecule has 1 aliphatic heterocycles. The molecule has 0 spiro atoms. The fourth-order valence-corrected chi connectivity index (χ4v) is 3.87. The summed E-state index contributed by atoms with van der Waals surface area (Å²) in [6, 6.07) is 23.4. The molecule has 3 aromatic carbocycles. The van der Waals surface area contributed by atoms with E-state index in [1.807, 2.05) is 60.7 Å². The van der Waals surface area contributed by atoms with Gasteiger partial charge in [0.2, 0.25) is 5.91 Å². The highest BCUT2D eigenvalue weighted by atomic mass is 35.5. The number of rotatable bonds is 7. The van der Waals surface area contributed by atoms with Crippen molar-refractivity contribution < 1.29 is 14.3 Å². The minimum absolute atomic E-state index is 0.0204. The molecule has 0 aliphatic carbocycles. The second-order valence-corrected chi connectivity index (χ2v) is 7.96. The van der Waals surface area contributed by atoms with Crippen molar-refractivity contribution in [2.24, 2.45) is 0 Å². The summed E-state index contributed by atoms with van der Waals surface area (Å²) in [7, 11) is 1.63. The van der Waals surface area contributed by atoms with Crippen LogP contribution in [-0.2, 0) is 17.9 Å². The van der Waals surface area contributed by atoms with Gasteiger partial charge in [-0.1, -0.05) is 54.1 Å². The van der Waals surface area contributed by atoms with Crippen molar-refractivity contribution in [3.05, 3.63) is 88.9 Å². The Bertz CT molecular complexity index is 1020. The summed E-state index contributed by atoms with van der Waals surface area (Å²) in [6.07, 6.45) is 0.328. The number of hydrogen-bond donors (Lipinski definition) is 1. The molecule has 0 saturated carbocycles. The predicted molar refractivity (Wildman–Crippen MR) is 123 cm³/mol. The number of methoxy groups -OCH3 is 1. The topological polar surface area (TPSA) is 50.8 Å². The summed E-state index contributed by atoms with van der Waals surface area (Å²) in [6.45, 7) is 1.59. The Hall–Kier alpha value is -3.18. The number of anilines is 1. The Labute approximate surface area is 187 Å². The first-order chi connectivity index (χ1) is 15.1. The van der Waals surface area contributed by atoms with Crippen molar-refractivity contribution in [1.29, 1.82) is 0 Å². The highest BCUT2D eigenvalue weighted by molar-refractivity contribution is 6.31. The van der Waals surface area contributed by atoms with E-state index >= 15 is 0 Å². The number of nitrogens with zero attached hydrogens (tertiary/aromatic N) is 1. The lowest BCUT2D eigenvalue weighted by Gasteiger charge is -2.38. The average Bonchev–Trinajstić information content (AvgIpc) is 2.80. The van der Waals surface area contributed by atoms with Crippen molar-refractivity contribution >= 4 is 23.2 Å². The molecule has 4 rings (SSSR count). The molecule has 160 valence electrons. The second-order valence-electron chi connectivity index (χ2n) is 7.52. The third kappa shape index (κ3) is 5.30. The van der Waals surface area contributed by atoms with E-state index in [2.05, 4.69) is 22.3 Å². The lowest BCUT2D eigenvalue weighted by Crippen LogP contribution is -2.45. The van der Waals surface area contributed by atoms with E-state index in [4.69, 9.17) is 21.1 Å². The van der Waals surface area contributed by atoms with Gasteiger partial charge < -0.3 is 19.7 Å². The number of halogens is 1. The third-order valence-corrected chi connectivity index (χ3v) is 5.60. The SMILES string of the molecule is COc1ccc(CNC(=O)CC2COc3ccc(Cl)cc3N2Cc2ccccc2)cc1. The summed E-state index contributed by atoms with van der Waals surface area (Å²) in [4.78, 5) is 15.0. The van der Waals surface area contributed by atoms with Gasteiger partial charge in [0, 0.05) is 18.1 Å². The molecule has 1 atom stereocenters. The van der Waals surface area contributed by atoms with E-state index in [1.165, 1.54) is 5.56 Å². The molecule has 6 heteroatoms. The first kappa shape index (κ1) is 21.1. The Balaban J connectivity index is 1.46. The van der Waals surface area contributed by atoms with E-state index in [1.54, 1.807) is 7.11 Å². The van der Waals surface area contributed by atoms with Gasteiger partial charge in [-0.25, -0.2) is 0 Å². The molecular formula is C25H25ClN2O3. The smallest absolute Gasteiger partial charge is 0.222 e. The number of hydrogen-bond acceptors (Lipinski definition) is 4. The molecule has 0 bridgehead atoms. The Morgan fingerprint density at radius 2 is 1.87 bits per heavy atom. The molecular weight excluding hydrogens is 412 g/mol. The molecule has 1 aliphatic rings. The lowest BCUT2D eigenvalue weighted by atomic mass is 10.1. The summed E-state index contributed by atoms with van der Waals surface area (Å²) >= 11 is 6.27. The summed E-state index contributed by atoms with van der Waals surface area (Å²) < 4.78 is 11.1. The third-order valence-electron chi connectivity index (χ3n) is 5.37. The van der Waals surface area contributed by atoms with Gasteiger partial charge in [0.1, 0.15) is 18.1 Å². The largest absolute Gasteiger partial charge is 0.497 e. The van der Waals surface area contributed by atoms with Gasteiger partial charge in [-0.3, -0.25) is 4.79 Å². The number of amides is 1. The van der Waals surface area contributed by atoms with E-state index in [-0.39, 0.29) is 11.9 Å². The maximum absolute atomic E-state index is 12.7. The van der Waals surface area contributed by atoms with Gasteiger partial charge in [-0.05, 0) is 41.5 Å². The van der Waals surface area contributed by atoms with E-state index < -0.39 is 0 Å². The van der Waals surface area contributed by atoms with Gasteiger partial charge in [0.05, 0.1) is 25.3 Å². The van der Waals surface area contributed by atoms with Crippen LogP contribution in [0.2, 0.25) is 5.02 Å². The summed E-state index contributed by atoms with van der Waals surface area (Å²) in [5.41, 5.74) is 3.10. The Morgan fingerprint density at radius 3 is 2.61 bits per heavy atom. The van der Waals surface area contributed by atoms with Crippen LogP contribution in [0, 0.1) is 0 Å². The van der Waals surface area contributed by atoms with Crippen molar-refractivity contribution in [3.63, 3.8) is 0 Å². The fourth-order valence-electron chi connectivity index (χ4n) is 3.70. The van der Waals surface area contributed by atoms with Crippen LogP contribution >= 0.6 is 11.6 Å². The van der Waals surface area contributed by atoms with Gasteiger partial charge in [0.15, 0.2) is 0 Å². The number of ether oxygens (including phenoxy) is 2. The van der Waals surface area contributed by atoms with Gasteiger partial charge in [-0.2, -0.15) is 0 Å². The zero-order valence-corrected chi connectivity index (χ0v) is 18.1. The minimum atomic E-state index is -0.0953. The molecule has 0 radical (unpaired) electrons.